The molecule has 0 aromatic carbocycles. The molecule has 0 unspecified atom stereocenters. The summed E-state index contributed by atoms with van der Waals surface area (Å²) in [7, 11) is 0. The fourth-order valence-electron chi connectivity index (χ4n) is 3.11. The standard InChI is InChI=1S/C28H55N5O8/c1-25(2,3)38-21(34)30-14-16-32(23(36)40-27(7,8)9)18-20-33(24(37)41-28(10,11)12)19-17-31(15-13-29)22(35)39-26(4,5)6/h13-20,29H2,1-12H3,(H,30,34). The number of hydrogen-bond acceptors (Lipinski definition) is 9. The van der Waals surface area contributed by atoms with Crippen LogP contribution in [0.2, 0.25) is 0 Å². The lowest BCUT2D eigenvalue weighted by molar-refractivity contribution is 0.00851. The van der Waals surface area contributed by atoms with Crippen LogP contribution < -0.4 is 11.1 Å². The Morgan fingerprint density at radius 3 is 1.10 bits per heavy atom. The Bertz CT molecular complexity index is 854. The van der Waals surface area contributed by atoms with Gasteiger partial charge in [-0.2, -0.15) is 0 Å². The summed E-state index contributed by atoms with van der Waals surface area (Å²) in [6.07, 6.45) is -2.37. The third kappa shape index (κ3) is 19.7. The van der Waals surface area contributed by atoms with Crippen LogP contribution in [-0.4, -0.2) is 114 Å². The van der Waals surface area contributed by atoms with Gasteiger partial charge in [-0.15, -0.1) is 0 Å². The van der Waals surface area contributed by atoms with E-state index >= 15 is 0 Å². The highest BCUT2D eigenvalue weighted by molar-refractivity contribution is 5.71. The molecule has 0 heterocycles. The number of nitrogens with one attached hydrogen (secondary N) is 1. The SMILES string of the molecule is CC(C)(C)OC(=O)NCCN(CCN(CCN(CCN)C(=O)OC(C)(C)C)C(=O)OC(C)(C)C)C(=O)OC(C)(C)C. The van der Waals surface area contributed by atoms with Gasteiger partial charge in [0.05, 0.1) is 0 Å². The Morgan fingerprint density at radius 2 is 0.805 bits per heavy atom. The number of rotatable bonds is 11. The fraction of sp³-hybridized carbons (Fsp3) is 0.857. The average Bonchev–Trinajstić information content (AvgIpc) is 2.71. The van der Waals surface area contributed by atoms with Crippen molar-refractivity contribution in [2.45, 2.75) is 105 Å². The second kappa shape index (κ2) is 15.9. The smallest absolute Gasteiger partial charge is 0.410 e. The number of carbonyl (C=O) groups is 4. The second-order valence-corrected chi connectivity index (χ2v) is 13.6. The number of alkyl carbamates (subject to hydrolysis) is 1. The molecule has 0 fully saturated rings. The van der Waals surface area contributed by atoms with Gasteiger partial charge in [-0.25, -0.2) is 19.2 Å². The molecule has 3 N–H and O–H groups in total. The number of carbonyl (C=O) groups excluding carboxylic acids is 4. The topological polar surface area (TPSA) is 153 Å². The highest BCUT2D eigenvalue weighted by Crippen LogP contribution is 2.14. The van der Waals surface area contributed by atoms with Crippen molar-refractivity contribution in [3.05, 3.63) is 0 Å². The van der Waals surface area contributed by atoms with Crippen LogP contribution in [0.5, 0.6) is 0 Å². The molecule has 0 saturated carbocycles. The first-order chi connectivity index (χ1) is 18.4. The Balaban J connectivity index is 5.71. The lowest BCUT2D eigenvalue weighted by atomic mass is 10.2. The molecule has 0 atom stereocenters. The van der Waals surface area contributed by atoms with Crippen molar-refractivity contribution in [2.24, 2.45) is 5.73 Å². The molecule has 13 heteroatoms. The predicted octanol–water partition coefficient (Wildman–Crippen LogP) is 4.18. The molecule has 13 nitrogen and oxygen atoms in total. The van der Waals surface area contributed by atoms with Crippen LogP contribution in [0.25, 0.3) is 0 Å². The molecule has 4 amide bonds. The Morgan fingerprint density at radius 1 is 0.512 bits per heavy atom. The van der Waals surface area contributed by atoms with Gasteiger partial charge in [0.25, 0.3) is 0 Å². The normalized spacial score (nSPS) is 12.2. The minimum absolute atomic E-state index is 0.0748. The van der Waals surface area contributed by atoms with E-state index in [1.165, 1.54) is 14.7 Å². The zero-order valence-electron chi connectivity index (χ0n) is 27.3. The molecule has 0 radical (unpaired) electrons. The third-order valence-corrected chi connectivity index (χ3v) is 4.68. The summed E-state index contributed by atoms with van der Waals surface area (Å²) in [5.74, 6) is 0. The van der Waals surface area contributed by atoms with Crippen LogP contribution in [0, 0.1) is 0 Å². The molecule has 0 aliphatic carbocycles. The van der Waals surface area contributed by atoms with Gasteiger partial charge in [-0.1, -0.05) is 0 Å². The van der Waals surface area contributed by atoms with Crippen molar-refractivity contribution in [3.8, 4) is 0 Å². The average molecular weight is 590 g/mol. The van der Waals surface area contributed by atoms with Crippen molar-refractivity contribution < 1.29 is 38.1 Å². The summed E-state index contributed by atoms with van der Waals surface area (Å²) in [5.41, 5.74) is 2.83. The summed E-state index contributed by atoms with van der Waals surface area (Å²) < 4.78 is 21.9. The zero-order chi connectivity index (χ0) is 32.2. The van der Waals surface area contributed by atoms with Crippen LogP contribution in [-0.2, 0) is 18.9 Å². The van der Waals surface area contributed by atoms with Crippen molar-refractivity contribution in [3.63, 3.8) is 0 Å². The number of ether oxygens (including phenoxy) is 4. The first-order valence-electron chi connectivity index (χ1n) is 14.0. The molecular weight excluding hydrogens is 534 g/mol. The summed E-state index contributed by atoms with van der Waals surface area (Å²) in [4.78, 5) is 55.1. The van der Waals surface area contributed by atoms with Gasteiger partial charge in [-0.05, 0) is 83.1 Å². The van der Waals surface area contributed by atoms with Crippen LogP contribution in [0.4, 0.5) is 19.2 Å². The molecule has 0 aromatic heterocycles. The van der Waals surface area contributed by atoms with Crippen LogP contribution in [0.1, 0.15) is 83.1 Å². The zero-order valence-corrected chi connectivity index (χ0v) is 27.3. The Kier molecular flexibility index (Phi) is 14.7. The molecule has 0 aliphatic rings. The highest BCUT2D eigenvalue weighted by atomic mass is 16.6. The number of amides is 4. The lowest BCUT2D eigenvalue weighted by Crippen LogP contribution is -2.49. The molecule has 0 aliphatic heterocycles. The van der Waals surface area contributed by atoms with E-state index in [1.807, 2.05) is 0 Å². The van der Waals surface area contributed by atoms with Crippen molar-refractivity contribution in [2.75, 3.05) is 52.4 Å². The molecule has 0 aromatic rings. The van der Waals surface area contributed by atoms with E-state index in [1.54, 1.807) is 83.1 Å². The summed E-state index contributed by atoms with van der Waals surface area (Å²) >= 11 is 0. The van der Waals surface area contributed by atoms with E-state index in [4.69, 9.17) is 24.7 Å². The molecule has 0 rings (SSSR count). The molecule has 0 bridgehead atoms. The molecule has 0 saturated heterocycles. The Labute approximate surface area is 246 Å². The first-order valence-corrected chi connectivity index (χ1v) is 14.0. The van der Waals surface area contributed by atoms with Gasteiger partial charge in [-0.3, -0.25) is 0 Å². The van der Waals surface area contributed by atoms with Crippen molar-refractivity contribution >= 4 is 24.4 Å². The minimum atomic E-state index is -0.764. The maximum atomic E-state index is 13.1. The van der Waals surface area contributed by atoms with Crippen LogP contribution in [0.15, 0.2) is 0 Å². The fourth-order valence-corrected chi connectivity index (χ4v) is 3.11. The van der Waals surface area contributed by atoms with Gasteiger partial charge in [0, 0.05) is 52.4 Å². The van der Waals surface area contributed by atoms with E-state index < -0.39 is 46.8 Å². The lowest BCUT2D eigenvalue weighted by Gasteiger charge is -2.33. The summed E-state index contributed by atoms with van der Waals surface area (Å²) in [6, 6.07) is 0. The monoisotopic (exact) mass is 589 g/mol. The highest BCUT2D eigenvalue weighted by Gasteiger charge is 2.28. The number of nitrogens with two attached hydrogens (primary N) is 1. The quantitative estimate of drug-likeness (QED) is 0.338. The molecule has 240 valence electrons. The van der Waals surface area contributed by atoms with Gasteiger partial charge in [0.2, 0.25) is 0 Å². The number of nitrogens with zero attached hydrogens (tertiary/aromatic N) is 3. The number of hydrogen-bond donors (Lipinski definition) is 2. The Hall–Kier alpha value is -2.96. The largest absolute Gasteiger partial charge is 0.444 e. The van der Waals surface area contributed by atoms with Crippen molar-refractivity contribution in [1.82, 2.24) is 20.0 Å². The molecular formula is C28H55N5O8. The first kappa shape index (κ1) is 38.0. The van der Waals surface area contributed by atoms with E-state index in [0.717, 1.165) is 0 Å². The van der Waals surface area contributed by atoms with E-state index in [2.05, 4.69) is 5.32 Å². The second-order valence-electron chi connectivity index (χ2n) is 13.6. The van der Waals surface area contributed by atoms with Gasteiger partial charge < -0.3 is 44.7 Å². The van der Waals surface area contributed by atoms with Crippen LogP contribution in [0.3, 0.4) is 0 Å². The van der Waals surface area contributed by atoms with Gasteiger partial charge in [0.15, 0.2) is 0 Å². The van der Waals surface area contributed by atoms with E-state index in [-0.39, 0.29) is 52.4 Å². The molecule has 0 spiro atoms. The minimum Gasteiger partial charge on any atom is -0.444 e. The summed E-state index contributed by atoms with van der Waals surface area (Å²) in [5, 5.41) is 2.63. The third-order valence-electron chi connectivity index (χ3n) is 4.68. The van der Waals surface area contributed by atoms with Crippen molar-refractivity contribution in [1.29, 1.82) is 0 Å². The van der Waals surface area contributed by atoms with Crippen LogP contribution >= 0.6 is 0 Å². The van der Waals surface area contributed by atoms with E-state index in [9.17, 15) is 19.2 Å². The summed E-state index contributed by atoms with van der Waals surface area (Å²) in [6.45, 7) is 22.1. The maximum Gasteiger partial charge on any atom is 0.410 e. The maximum absolute atomic E-state index is 13.1. The molecule has 41 heavy (non-hydrogen) atoms. The predicted molar refractivity (Wildman–Crippen MR) is 157 cm³/mol. The van der Waals surface area contributed by atoms with Gasteiger partial charge >= 0.3 is 24.4 Å². The van der Waals surface area contributed by atoms with Gasteiger partial charge in [0.1, 0.15) is 22.4 Å². The van der Waals surface area contributed by atoms with E-state index in [0.29, 0.717) is 0 Å².